The Kier molecular flexibility index (Phi) is 5.15. The highest BCUT2D eigenvalue weighted by atomic mass is 16.1. The smallest absolute Gasteiger partial charge is 0.183 e. The summed E-state index contributed by atoms with van der Waals surface area (Å²) in [6.45, 7) is 0. The van der Waals surface area contributed by atoms with E-state index in [0.29, 0.717) is 5.78 Å². The number of carbonyl (C=O) groups excluding carboxylic acids is 1. The summed E-state index contributed by atoms with van der Waals surface area (Å²) in [4.78, 5) is 10.5. The lowest BCUT2D eigenvalue weighted by Gasteiger charge is -2.05. The third kappa shape index (κ3) is 8.94. The average Bonchev–Trinajstić information content (AvgIpc) is 1.87. The topological polar surface area (TPSA) is 93.0 Å². The Labute approximate surface area is 66.5 Å². The summed E-state index contributed by atoms with van der Waals surface area (Å²) >= 11 is 0. The average molecular weight is 157 g/mol. The van der Waals surface area contributed by atoms with Crippen molar-refractivity contribution >= 4 is 11.7 Å². The first kappa shape index (κ1) is 9.94. The van der Waals surface area contributed by atoms with Gasteiger partial charge in [0.2, 0.25) is 0 Å². The first-order chi connectivity index (χ1) is 5.13. The lowest BCUT2D eigenvalue weighted by atomic mass is 10.00. The van der Waals surface area contributed by atoms with Crippen LogP contribution in [0.25, 0.3) is 0 Å². The van der Waals surface area contributed by atoms with Crippen LogP contribution in [0.2, 0.25) is 0 Å². The maximum atomic E-state index is 10.5. The van der Waals surface area contributed by atoms with Crippen LogP contribution >= 0.6 is 0 Å². The zero-order chi connectivity index (χ0) is 8.69. The van der Waals surface area contributed by atoms with E-state index in [1.165, 1.54) is 6.42 Å². The fraction of sp³-hybridized carbons (Fsp3) is 0.714. The predicted octanol–water partition coefficient (Wildman–Crippen LogP) is 0.358. The first-order valence-electron chi connectivity index (χ1n) is 3.74. The molecule has 1 saturated carbocycles. The van der Waals surface area contributed by atoms with Crippen LogP contribution in [-0.4, -0.2) is 11.7 Å². The van der Waals surface area contributed by atoms with Gasteiger partial charge in [0.25, 0.3) is 0 Å². The molecule has 0 atom stereocenters. The van der Waals surface area contributed by atoms with Crippen LogP contribution in [0.3, 0.4) is 0 Å². The largest absolute Gasteiger partial charge is 0.370 e. The van der Waals surface area contributed by atoms with E-state index in [-0.39, 0.29) is 5.96 Å². The van der Waals surface area contributed by atoms with Gasteiger partial charge >= 0.3 is 0 Å². The molecule has 4 nitrogen and oxygen atoms in total. The second-order valence-corrected chi connectivity index (χ2v) is 2.55. The van der Waals surface area contributed by atoms with Crippen LogP contribution in [0.1, 0.15) is 32.1 Å². The van der Waals surface area contributed by atoms with Crippen molar-refractivity contribution < 1.29 is 4.79 Å². The van der Waals surface area contributed by atoms with Crippen LogP contribution in [0.5, 0.6) is 0 Å². The number of ketones is 1. The maximum absolute atomic E-state index is 10.5. The molecular weight excluding hydrogens is 142 g/mol. The maximum Gasteiger partial charge on any atom is 0.183 e. The van der Waals surface area contributed by atoms with Crippen LogP contribution in [0.4, 0.5) is 0 Å². The lowest BCUT2D eigenvalue weighted by Crippen LogP contribution is -2.20. The molecular formula is C7H15N3O. The van der Waals surface area contributed by atoms with E-state index in [4.69, 9.17) is 5.41 Å². The number of nitrogens with one attached hydrogen (secondary N) is 1. The second-order valence-electron chi connectivity index (χ2n) is 2.55. The number of nitrogens with two attached hydrogens (primary N) is 2. The van der Waals surface area contributed by atoms with Gasteiger partial charge in [-0.15, -0.1) is 0 Å². The van der Waals surface area contributed by atoms with Crippen molar-refractivity contribution in [2.24, 2.45) is 11.5 Å². The molecule has 0 spiro atoms. The molecule has 0 aliphatic heterocycles. The molecule has 1 aliphatic carbocycles. The van der Waals surface area contributed by atoms with Gasteiger partial charge in [0.05, 0.1) is 0 Å². The predicted molar refractivity (Wildman–Crippen MR) is 44.2 cm³/mol. The van der Waals surface area contributed by atoms with Crippen molar-refractivity contribution in [3.05, 3.63) is 0 Å². The summed E-state index contributed by atoms with van der Waals surface area (Å²) in [5.41, 5.74) is 8.94. The van der Waals surface area contributed by atoms with Gasteiger partial charge in [-0.3, -0.25) is 10.2 Å². The van der Waals surface area contributed by atoms with E-state index in [0.717, 1.165) is 25.7 Å². The molecule has 1 fully saturated rings. The minimum atomic E-state index is -0.333. The van der Waals surface area contributed by atoms with Gasteiger partial charge in [0.1, 0.15) is 5.78 Å². The molecule has 1 rings (SSSR count). The van der Waals surface area contributed by atoms with Gasteiger partial charge in [0, 0.05) is 12.8 Å². The van der Waals surface area contributed by atoms with Crippen molar-refractivity contribution in [2.75, 3.05) is 0 Å². The minimum absolute atomic E-state index is 0.333. The monoisotopic (exact) mass is 157 g/mol. The Morgan fingerprint density at radius 3 is 1.73 bits per heavy atom. The molecule has 0 aromatic rings. The summed E-state index contributed by atoms with van der Waals surface area (Å²) in [6, 6.07) is 0. The summed E-state index contributed by atoms with van der Waals surface area (Å²) in [5.74, 6) is 0.131. The Hall–Kier alpha value is -1.06. The number of guanidine groups is 1. The number of carbonyl (C=O) groups is 1. The SMILES string of the molecule is N=C(N)N.O=C1CCCCC1. The van der Waals surface area contributed by atoms with Crippen molar-refractivity contribution in [2.45, 2.75) is 32.1 Å². The summed E-state index contributed by atoms with van der Waals surface area (Å²) in [6.07, 6.45) is 5.24. The molecule has 0 radical (unpaired) electrons. The van der Waals surface area contributed by atoms with Gasteiger partial charge < -0.3 is 11.5 Å². The molecule has 5 N–H and O–H groups in total. The van der Waals surface area contributed by atoms with Gasteiger partial charge in [-0.05, 0) is 12.8 Å². The highest BCUT2D eigenvalue weighted by Crippen LogP contribution is 2.12. The molecule has 11 heavy (non-hydrogen) atoms. The summed E-state index contributed by atoms with van der Waals surface area (Å²) < 4.78 is 0. The van der Waals surface area contributed by atoms with E-state index in [1.807, 2.05) is 0 Å². The number of Topliss-reactive ketones (excluding diaryl/α,β-unsaturated/α-hetero) is 1. The van der Waals surface area contributed by atoms with E-state index in [1.54, 1.807) is 0 Å². The van der Waals surface area contributed by atoms with Gasteiger partial charge in [0.15, 0.2) is 5.96 Å². The normalized spacial score (nSPS) is 16.5. The standard InChI is InChI=1S/C6H10O.CH5N3/c7-6-4-2-1-3-5-6;2-1(3)4/h1-5H2;(H5,2,3,4). The van der Waals surface area contributed by atoms with Crippen LogP contribution < -0.4 is 11.5 Å². The Morgan fingerprint density at radius 2 is 1.55 bits per heavy atom. The zero-order valence-corrected chi connectivity index (χ0v) is 6.60. The first-order valence-corrected chi connectivity index (χ1v) is 3.74. The molecule has 0 aromatic carbocycles. The molecule has 0 heterocycles. The third-order valence-electron chi connectivity index (χ3n) is 1.41. The van der Waals surface area contributed by atoms with Crippen molar-refractivity contribution in [1.82, 2.24) is 0 Å². The molecule has 0 unspecified atom stereocenters. The van der Waals surface area contributed by atoms with Gasteiger partial charge in [-0.25, -0.2) is 0 Å². The fourth-order valence-electron chi connectivity index (χ4n) is 0.946. The minimum Gasteiger partial charge on any atom is -0.370 e. The summed E-state index contributed by atoms with van der Waals surface area (Å²) in [5, 5.41) is 6.06. The van der Waals surface area contributed by atoms with Gasteiger partial charge in [-0.1, -0.05) is 6.42 Å². The highest BCUT2D eigenvalue weighted by Gasteiger charge is 2.05. The number of rotatable bonds is 0. The number of hydrogen-bond acceptors (Lipinski definition) is 2. The van der Waals surface area contributed by atoms with E-state index >= 15 is 0 Å². The zero-order valence-electron chi connectivity index (χ0n) is 6.60. The molecule has 0 aromatic heterocycles. The van der Waals surface area contributed by atoms with Crippen molar-refractivity contribution in [3.63, 3.8) is 0 Å². The highest BCUT2D eigenvalue weighted by molar-refractivity contribution is 5.78. The lowest BCUT2D eigenvalue weighted by molar-refractivity contribution is -0.120. The Balaban J connectivity index is 0.000000218. The van der Waals surface area contributed by atoms with Gasteiger partial charge in [-0.2, -0.15) is 0 Å². The van der Waals surface area contributed by atoms with E-state index in [2.05, 4.69) is 11.5 Å². The van der Waals surface area contributed by atoms with E-state index < -0.39 is 0 Å². The molecule has 1 aliphatic rings. The third-order valence-corrected chi connectivity index (χ3v) is 1.41. The van der Waals surface area contributed by atoms with E-state index in [9.17, 15) is 4.79 Å². The molecule has 0 bridgehead atoms. The van der Waals surface area contributed by atoms with Crippen molar-refractivity contribution in [1.29, 1.82) is 5.41 Å². The quantitative estimate of drug-likeness (QED) is 0.350. The van der Waals surface area contributed by atoms with Crippen LogP contribution in [0.15, 0.2) is 0 Å². The molecule has 0 saturated heterocycles. The molecule has 4 heteroatoms. The van der Waals surface area contributed by atoms with Crippen LogP contribution in [0, 0.1) is 5.41 Å². The fourth-order valence-corrected chi connectivity index (χ4v) is 0.946. The molecule has 64 valence electrons. The Morgan fingerprint density at radius 1 is 1.18 bits per heavy atom. The Bertz CT molecular complexity index is 133. The summed E-state index contributed by atoms with van der Waals surface area (Å²) in [7, 11) is 0. The second kappa shape index (κ2) is 5.70. The number of hydrogen-bond donors (Lipinski definition) is 3. The van der Waals surface area contributed by atoms with Crippen molar-refractivity contribution in [3.8, 4) is 0 Å². The van der Waals surface area contributed by atoms with Crippen LogP contribution in [-0.2, 0) is 4.79 Å². The molecule has 0 amide bonds.